The molecule has 0 amide bonds. The van der Waals surface area contributed by atoms with Gasteiger partial charge in [-0.05, 0) is 48.8 Å². The minimum Gasteiger partial charge on any atom is -0.308 e. The molecule has 0 fully saturated rings. The summed E-state index contributed by atoms with van der Waals surface area (Å²) in [6, 6.07) is 7.46. The molecule has 0 aliphatic rings. The highest BCUT2D eigenvalue weighted by atomic mass is 127. The first-order valence-corrected chi connectivity index (χ1v) is 7.61. The minimum atomic E-state index is -0.0928. The van der Waals surface area contributed by atoms with Crippen molar-refractivity contribution in [3.63, 3.8) is 0 Å². The van der Waals surface area contributed by atoms with E-state index in [-0.39, 0.29) is 5.78 Å². The Morgan fingerprint density at radius 2 is 2.20 bits per heavy atom. The molecule has 1 aromatic heterocycles. The molecule has 0 aliphatic heterocycles. The number of aromatic nitrogens is 2. The molecule has 0 bridgehead atoms. The Kier molecular flexibility index (Phi) is 5.17. The summed E-state index contributed by atoms with van der Waals surface area (Å²) in [5, 5.41) is 4.59. The molecule has 0 unspecified atom stereocenters. The van der Waals surface area contributed by atoms with Gasteiger partial charge in [-0.15, -0.1) is 0 Å². The first-order valence-electron chi connectivity index (χ1n) is 6.15. The monoisotopic (exact) mass is 403 g/mol. The van der Waals surface area contributed by atoms with Crippen molar-refractivity contribution in [1.29, 1.82) is 0 Å². The summed E-state index contributed by atoms with van der Waals surface area (Å²) in [4.78, 5) is 14.6. The van der Waals surface area contributed by atoms with E-state index in [0.717, 1.165) is 10.1 Å². The Hall–Kier alpha value is -0.920. The quantitative estimate of drug-likeness (QED) is 0.569. The molecule has 0 saturated heterocycles. The van der Waals surface area contributed by atoms with E-state index in [0.29, 0.717) is 22.8 Å². The van der Waals surface area contributed by atoms with Crippen LogP contribution in [0.15, 0.2) is 30.5 Å². The molecule has 0 aliphatic carbocycles. The number of halogens is 2. The zero-order chi connectivity index (χ0) is 14.7. The van der Waals surface area contributed by atoms with E-state index in [4.69, 9.17) is 11.6 Å². The second-order valence-electron chi connectivity index (χ2n) is 4.71. The van der Waals surface area contributed by atoms with Crippen LogP contribution < -0.4 is 0 Å². The standard InChI is InChI=1S/C14H15ClIN3O/c1-18(2)6-7-19-13(12(15)9-17-19)14(20)10-4-3-5-11(16)8-10/h3-5,8-9H,6-7H2,1-2H3. The van der Waals surface area contributed by atoms with Gasteiger partial charge in [-0.3, -0.25) is 9.48 Å². The lowest BCUT2D eigenvalue weighted by atomic mass is 10.1. The number of likely N-dealkylation sites (N-methyl/N-ethyl adjacent to an activating group) is 1. The Balaban J connectivity index is 2.32. The normalized spacial score (nSPS) is 11.1. The van der Waals surface area contributed by atoms with Crippen molar-refractivity contribution in [2.45, 2.75) is 6.54 Å². The lowest BCUT2D eigenvalue weighted by Crippen LogP contribution is -2.21. The third-order valence-corrected chi connectivity index (χ3v) is 3.80. The fourth-order valence-electron chi connectivity index (χ4n) is 1.82. The Morgan fingerprint density at radius 1 is 1.45 bits per heavy atom. The van der Waals surface area contributed by atoms with Crippen LogP contribution in [-0.2, 0) is 6.54 Å². The van der Waals surface area contributed by atoms with Gasteiger partial charge in [0.25, 0.3) is 0 Å². The molecule has 20 heavy (non-hydrogen) atoms. The summed E-state index contributed by atoms with van der Waals surface area (Å²) in [6.45, 7) is 1.43. The molecule has 4 nitrogen and oxygen atoms in total. The zero-order valence-corrected chi connectivity index (χ0v) is 14.2. The van der Waals surface area contributed by atoms with E-state index in [1.165, 1.54) is 6.20 Å². The van der Waals surface area contributed by atoms with Gasteiger partial charge in [0, 0.05) is 15.7 Å². The van der Waals surface area contributed by atoms with E-state index in [2.05, 4.69) is 27.7 Å². The second kappa shape index (κ2) is 6.69. The molecule has 6 heteroatoms. The van der Waals surface area contributed by atoms with Crippen LogP contribution in [0, 0.1) is 3.57 Å². The maximum Gasteiger partial charge on any atom is 0.212 e. The van der Waals surface area contributed by atoms with E-state index in [1.807, 2.05) is 37.2 Å². The average Bonchev–Trinajstić information content (AvgIpc) is 2.76. The van der Waals surface area contributed by atoms with Crippen molar-refractivity contribution in [2.75, 3.05) is 20.6 Å². The molecule has 0 saturated carbocycles. The van der Waals surface area contributed by atoms with Gasteiger partial charge in [0.05, 0.1) is 17.8 Å². The van der Waals surface area contributed by atoms with Crippen molar-refractivity contribution >= 4 is 40.0 Å². The van der Waals surface area contributed by atoms with Gasteiger partial charge in [0.1, 0.15) is 5.69 Å². The lowest BCUT2D eigenvalue weighted by Gasteiger charge is -2.11. The maximum atomic E-state index is 12.6. The summed E-state index contributed by atoms with van der Waals surface area (Å²) in [5.41, 5.74) is 1.08. The molecule has 1 aromatic carbocycles. The van der Waals surface area contributed by atoms with E-state index < -0.39 is 0 Å². The van der Waals surface area contributed by atoms with E-state index in [9.17, 15) is 4.79 Å². The van der Waals surface area contributed by atoms with Gasteiger partial charge in [0.2, 0.25) is 5.78 Å². The first-order chi connectivity index (χ1) is 9.49. The second-order valence-corrected chi connectivity index (χ2v) is 6.36. The number of hydrogen-bond acceptors (Lipinski definition) is 3. The van der Waals surface area contributed by atoms with Crippen molar-refractivity contribution < 1.29 is 4.79 Å². The van der Waals surface area contributed by atoms with Crippen LogP contribution in [0.25, 0.3) is 0 Å². The average molecular weight is 404 g/mol. The topological polar surface area (TPSA) is 38.1 Å². The molecule has 106 valence electrons. The SMILES string of the molecule is CN(C)CCn1ncc(Cl)c1C(=O)c1cccc(I)c1. The molecule has 2 aromatic rings. The number of hydrogen-bond donors (Lipinski definition) is 0. The summed E-state index contributed by atoms with van der Waals surface area (Å²) in [7, 11) is 3.96. The van der Waals surface area contributed by atoms with Gasteiger partial charge in [-0.25, -0.2) is 0 Å². The van der Waals surface area contributed by atoms with Gasteiger partial charge < -0.3 is 4.90 Å². The maximum absolute atomic E-state index is 12.6. The minimum absolute atomic E-state index is 0.0928. The molecular formula is C14H15ClIN3O. The molecule has 0 radical (unpaired) electrons. The van der Waals surface area contributed by atoms with Crippen LogP contribution in [0.1, 0.15) is 16.1 Å². The summed E-state index contributed by atoms with van der Waals surface area (Å²) in [6.07, 6.45) is 1.53. The van der Waals surface area contributed by atoms with Crippen molar-refractivity contribution in [3.05, 3.63) is 50.3 Å². The largest absolute Gasteiger partial charge is 0.308 e. The van der Waals surface area contributed by atoms with Crippen LogP contribution in [0.4, 0.5) is 0 Å². The predicted octanol–water partition coefficient (Wildman–Crippen LogP) is 2.93. The first kappa shape index (κ1) is 15.5. The molecule has 0 N–H and O–H groups in total. The predicted molar refractivity (Wildman–Crippen MR) is 88.4 cm³/mol. The number of carbonyl (C=O) groups excluding carboxylic acids is 1. The molecule has 1 heterocycles. The Morgan fingerprint density at radius 3 is 2.85 bits per heavy atom. The third kappa shape index (κ3) is 3.59. The van der Waals surface area contributed by atoms with Gasteiger partial charge >= 0.3 is 0 Å². The van der Waals surface area contributed by atoms with Crippen LogP contribution in [0.5, 0.6) is 0 Å². The Bertz CT molecular complexity index is 625. The van der Waals surface area contributed by atoms with Crippen molar-refractivity contribution in [2.24, 2.45) is 0 Å². The smallest absolute Gasteiger partial charge is 0.212 e. The fraction of sp³-hybridized carbons (Fsp3) is 0.286. The van der Waals surface area contributed by atoms with Crippen molar-refractivity contribution in [1.82, 2.24) is 14.7 Å². The highest BCUT2D eigenvalue weighted by molar-refractivity contribution is 14.1. The number of nitrogens with zero attached hydrogens (tertiary/aromatic N) is 3. The van der Waals surface area contributed by atoms with Crippen LogP contribution in [0.2, 0.25) is 5.02 Å². The molecular weight excluding hydrogens is 389 g/mol. The number of carbonyl (C=O) groups is 1. The van der Waals surface area contributed by atoms with Gasteiger partial charge in [-0.1, -0.05) is 23.7 Å². The summed E-state index contributed by atoms with van der Waals surface area (Å²) < 4.78 is 2.69. The number of rotatable bonds is 5. The van der Waals surface area contributed by atoms with E-state index in [1.54, 1.807) is 10.7 Å². The number of benzene rings is 1. The molecule has 0 spiro atoms. The Labute approximate surface area is 136 Å². The van der Waals surface area contributed by atoms with Gasteiger partial charge in [-0.2, -0.15) is 5.10 Å². The lowest BCUT2D eigenvalue weighted by molar-refractivity contribution is 0.102. The highest BCUT2D eigenvalue weighted by Crippen LogP contribution is 2.20. The van der Waals surface area contributed by atoms with E-state index >= 15 is 0 Å². The zero-order valence-electron chi connectivity index (χ0n) is 11.3. The summed E-state index contributed by atoms with van der Waals surface area (Å²) >= 11 is 8.31. The third-order valence-electron chi connectivity index (χ3n) is 2.86. The highest BCUT2D eigenvalue weighted by Gasteiger charge is 2.19. The van der Waals surface area contributed by atoms with Crippen LogP contribution >= 0.6 is 34.2 Å². The summed E-state index contributed by atoms with van der Waals surface area (Å²) in [5.74, 6) is -0.0928. The van der Waals surface area contributed by atoms with Gasteiger partial charge in [0.15, 0.2) is 0 Å². The fourth-order valence-corrected chi connectivity index (χ4v) is 2.59. The van der Waals surface area contributed by atoms with Crippen LogP contribution in [0.3, 0.4) is 0 Å². The van der Waals surface area contributed by atoms with Crippen molar-refractivity contribution in [3.8, 4) is 0 Å². The molecule has 0 atom stereocenters. The number of ketones is 1. The van der Waals surface area contributed by atoms with Crippen LogP contribution in [-0.4, -0.2) is 41.1 Å². The molecule has 2 rings (SSSR count).